The van der Waals surface area contributed by atoms with Gasteiger partial charge in [-0.3, -0.25) is 0 Å². The van der Waals surface area contributed by atoms with Gasteiger partial charge in [-0.25, -0.2) is 4.79 Å². The summed E-state index contributed by atoms with van der Waals surface area (Å²) in [6.07, 6.45) is 10.0. The summed E-state index contributed by atoms with van der Waals surface area (Å²) in [5, 5.41) is 7.83. The molecule has 0 radical (unpaired) electrons. The molecule has 0 bridgehead atoms. The third-order valence-corrected chi connectivity index (χ3v) is 2.07. The van der Waals surface area contributed by atoms with Gasteiger partial charge in [0.15, 0.2) is 0 Å². The minimum Gasteiger partial charge on any atom is -0.478 e. The van der Waals surface area contributed by atoms with Crippen LogP contribution in [0.5, 0.6) is 0 Å². The van der Waals surface area contributed by atoms with Gasteiger partial charge in [-0.1, -0.05) is 30.9 Å². The molecule has 0 amide bonds. The van der Waals surface area contributed by atoms with Gasteiger partial charge in [0.05, 0.1) is 0 Å². The van der Waals surface area contributed by atoms with Crippen LogP contribution in [0, 0.1) is 0 Å². The van der Waals surface area contributed by atoms with E-state index in [1.807, 2.05) is 25.2 Å². The van der Waals surface area contributed by atoms with Gasteiger partial charge in [-0.15, -0.1) is 0 Å². The van der Waals surface area contributed by atoms with Crippen molar-refractivity contribution < 1.29 is 9.90 Å². The topological polar surface area (TPSA) is 37.3 Å². The molecule has 0 aromatic rings. The average Bonchev–Trinajstić information content (AvgIpc) is 2.20. The van der Waals surface area contributed by atoms with Crippen molar-refractivity contribution in [3.8, 4) is 0 Å². The lowest BCUT2D eigenvalue weighted by Gasteiger charge is -1.86. The van der Waals surface area contributed by atoms with Gasteiger partial charge in [0, 0.05) is 11.0 Å². The summed E-state index contributed by atoms with van der Waals surface area (Å²) >= 11 is 0. The first-order valence-corrected chi connectivity index (χ1v) is 5.86. The van der Waals surface area contributed by atoms with Gasteiger partial charge in [0.1, 0.15) is 0 Å². The fraction of sp³-hybridized carbons (Fsp3) is 0.182. The number of allylic oxidation sites excluding steroid dienone is 5. The Morgan fingerprint density at radius 3 is 2.20 bits per heavy atom. The number of hydrogen-bond donors (Lipinski definition) is 1. The highest BCUT2D eigenvalue weighted by atomic mass is 35.7. The number of halogens is 1. The Hall–Kier alpha value is -0.930. The van der Waals surface area contributed by atoms with E-state index in [0.717, 1.165) is 11.0 Å². The van der Waals surface area contributed by atoms with E-state index in [0.29, 0.717) is 0 Å². The normalized spacial score (nSPS) is 11.3. The van der Waals surface area contributed by atoms with Crippen molar-refractivity contribution >= 4 is 27.6 Å². The Kier molecular flexibility index (Phi) is 14.4. The zero-order valence-corrected chi connectivity index (χ0v) is 10.4. The highest BCUT2D eigenvalue weighted by molar-refractivity contribution is 8.24. The predicted molar refractivity (Wildman–Crippen MR) is 69.0 cm³/mol. The maximum absolute atomic E-state index is 9.51. The molecule has 0 aliphatic carbocycles. The van der Waals surface area contributed by atoms with Crippen molar-refractivity contribution in [2.45, 2.75) is 13.8 Å². The van der Waals surface area contributed by atoms with Gasteiger partial charge >= 0.3 is 5.97 Å². The number of carbonyl (C=O) groups is 1. The van der Waals surface area contributed by atoms with Crippen LogP contribution in [0.25, 0.3) is 0 Å². The first-order valence-electron chi connectivity index (χ1n) is 4.22. The highest BCUT2D eigenvalue weighted by Gasteiger charge is 1.83. The minimum absolute atomic E-state index is 0.891. The number of rotatable bonds is 4. The van der Waals surface area contributed by atoms with Crippen LogP contribution >= 0.6 is 21.7 Å². The Morgan fingerprint density at radius 2 is 2.00 bits per heavy atom. The van der Waals surface area contributed by atoms with Crippen molar-refractivity contribution in [1.82, 2.24) is 0 Å². The predicted octanol–water partition coefficient (Wildman–Crippen LogP) is 4.17. The van der Waals surface area contributed by atoms with Crippen molar-refractivity contribution in [3.63, 3.8) is 0 Å². The molecule has 0 unspecified atom stereocenters. The zero-order valence-electron chi connectivity index (χ0n) is 8.81. The molecule has 0 atom stereocenters. The van der Waals surface area contributed by atoms with Gasteiger partial charge < -0.3 is 5.11 Å². The molecule has 0 saturated heterocycles. The van der Waals surface area contributed by atoms with E-state index >= 15 is 0 Å². The quantitative estimate of drug-likeness (QED) is 0.598. The van der Waals surface area contributed by atoms with Gasteiger partial charge in [0.2, 0.25) is 0 Å². The van der Waals surface area contributed by atoms with E-state index in [2.05, 4.69) is 6.58 Å². The monoisotopic (exact) mass is 246 g/mol. The second-order valence-electron chi connectivity index (χ2n) is 2.21. The first-order chi connectivity index (χ1) is 7.12. The number of hydrogen-bond acceptors (Lipinski definition) is 2. The maximum atomic E-state index is 9.51. The molecule has 1 N–H and O–H groups in total. The molecular formula is C11H15ClO2S. The highest BCUT2D eigenvalue weighted by Crippen LogP contribution is 2.20. The van der Waals surface area contributed by atoms with Gasteiger partial charge in [0.25, 0.3) is 0 Å². The van der Waals surface area contributed by atoms with Gasteiger partial charge in [-0.05, 0) is 41.6 Å². The Bertz CT molecular complexity index is 268. The van der Waals surface area contributed by atoms with Crippen LogP contribution in [0.3, 0.4) is 0 Å². The van der Waals surface area contributed by atoms with Gasteiger partial charge in [-0.2, -0.15) is 0 Å². The molecule has 0 aliphatic rings. The Balaban J connectivity index is 0. The van der Waals surface area contributed by atoms with E-state index in [1.54, 1.807) is 13.0 Å². The molecule has 0 spiro atoms. The van der Waals surface area contributed by atoms with E-state index < -0.39 is 5.97 Å². The second kappa shape index (κ2) is 13.1. The molecule has 0 aromatic heterocycles. The summed E-state index contributed by atoms with van der Waals surface area (Å²) in [6.45, 7) is 7.19. The third-order valence-electron chi connectivity index (χ3n) is 1.05. The summed E-state index contributed by atoms with van der Waals surface area (Å²) < 4.78 is 0. The average molecular weight is 247 g/mol. The molecule has 0 fully saturated rings. The molecule has 15 heavy (non-hydrogen) atoms. The Labute approximate surface area is 99.5 Å². The first kappa shape index (κ1) is 16.5. The summed E-state index contributed by atoms with van der Waals surface area (Å²) in [5.74, 6) is -0.891. The summed E-state index contributed by atoms with van der Waals surface area (Å²) in [5.41, 5.74) is 0. The minimum atomic E-state index is -0.891. The molecule has 4 heteroatoms. The maximum Gasteiger partial charge on any atom is 0.327 e. The fourth-order valence-corrected chi connectivity index (χ4v) is 0.995. The number of aliphatic carboxylic acids is 1. The molecule has 0 aromatic carbocycles. The second-order valence-corrected chi connectivity index (χ2v) is 3.30. The fourth-order valence-electron chi connectivity index (χ4n) is 0.459. The smallest absolute Gasteiger partial charge is 0.327 e. The van der Waals surface area contributed by atoms with Crippen LogP contribution in [0.2, 0.25) is 0 Å². The summed E-state index contributed by atoms with van der Waals surface area (Å²) in [6, 6.07) is 0. The molecule has 0 saturated carbocycles. The molecule has 0 rings (SSSR count). The van der Waals surface area contributed by atoms with E-state index in [1.165, 1.54) is 17.1 Å². The van der Waals surface area contributed by atoms with E-state index in [4.69, 9.17) is 15.8 Å². The number of carboxylic acid groups (broad SMARTS) is 1. The van der Waals surface area contributed by atoms with Crippen LogP contribution < -0.4 is 0 Å². The van der Waals surface area contributed by atoms with Crippen molar-refractivity contribution in [1.29, 1.82) is 0 Å². The molecule has 0 aliphatic heterocycles. The van der Waals surface area contributed by atoms with Crippen LogP contribution in [0.1, 0.15) is 13.8 Å². The lowest BCUT2D eigenvalue weighted by atomic mass is 10.4. The van der Waals surface area contributed by atoms with E-state index in [-0.39, 0.29) is 0 Å². The van der Waals surface area contributed by atoms with Crippen molar-refractivity contribution in [3.05, 3.63) is 47.9 Å². The van der Waals surface area contributed by atoms with Crippen LogP contribution in [-0.2, 0) is 4.79 Å². The number of carboxylic acids is 1. The summed E-state index contributed by atoms with van der Waals surface area (Å²) in [7, 11) is 6.62. The Morgan fingerprint density at radius 1 is 1.40 bits per heavy atom. The third kappa shape index (κ3) is 15.8. The largest absolute Gasteiger partial charge is 0.478 e. The van der Waals surface area contributed by atoms with Crippen molar-refractivity contribution in [2.24, 2.45) is 0 Å². The van der Waals surface area contributed by atoms with E-state index in [9.17, 15) is 4.79 Å². The molecular weight excluding hydrogens is 232 g/mol. The lowest BCUT2D eigenvalue weighted by Crippen LogP contribution is -1.83. The molecule has 2 nitrogen and oxygen atoms in total. The van der Waals surface area contributed by atoms with Crippen LogP contribution in [0.15, 0.2) is 47.9 Å². The SMILES string of the molecule is C/C=C/C(=O)O.C=C/C(=C\C=C/C)SCl. The van der Waals surface area contributed by atoms with Crippen LogP contribution in [-0.4, -0.2) is 11.1 Å². The zero-order chi connectivity index (χ0) is 12.1. The molecule has 0 heterocycles. The standard InChI is InChI=1S/C7H9ClS.C4H6O2/c1-3-5-6-7(4-2)9-8;1-2-3-4(5)6/h3-6H,2H2,1H3;2-3H,1H3,(H,5,6)/b5-3-,7-6+;3-2+. The lowest BCUT2D eigenvalue weighted by molar-refractivity contribution is -0.131. The molecule has 84 valence electrons. The summed E-state index contributed by atoms with van der Waals surface area (Å²) in [4.78, 5) is 10.5. The van der Waals surface area contributed by atoms with Crippen molar-refractivity contribution in [2.75, 3.05) is 0 Å². The van der Waals surface area contributed by atoms with Crippen LogP contribution in [0.4, 0.5) is 0 Å².